The van der Waals surface area contributed by atoms with Crippen LogP contribution in [0.4, 0.5) is 5.69 Å². The van der Waals surface area contributed by atoms with Crippen molar-refractivity contribution < 1.29 is 23.1 Å². The van der Waals surface area contributed by atoms with Crippen LogP contribution in [0, 0.1) is 23.2 Å². The number of carbonyl (C=O) groups excluding carboxylic acids is 1. The van der Waals surface area contributed by atoms with Crippen LogP contribution < -0.4 is 14.4 Å². The van der Waals surface area contributed by atoms with Gasteiger partial charge in [0.05, 0.1) is 29.7 Å². The number of halogens is 1. The predicted octanol–water partition coefficient (Wildman–Crippen LogP) is 5.28. The Hall–Kier alpha value is -3.06. The van der Waals surface area contributed by atoms with Gasteiger partial charge >= 0.3 is 0 Å². The average molecular weight is 624 g/mol. The van der Waals surface area contributed by atoms with E-state index < -0.39 is 27.3 Å². The fourth-order valence-corrected chi connectivity index (χ4v) is 9.03. The van der Waals surface area contributed by atoms with Gasteiger partial charge in [0.2, 0.25) is 10.0 Å². The van der Waals surface area contributed by atoms with E-state index in [0.717, 1.165) is 42.8 Å². The van der Waals surface area contributed by atoms with Crippen molar-refractivity contribution in [1.29, 1.82) is 5.26 Å². The maximum absolute atomic E-state index is 13.4. The van der Waals surface area contributed by atoms with Crippen molar-refractivity contribution in [3.8, 4) is 11.8 Å². The number of rotatable bonds is 2. The second-order valence-corrected chi connectivity index (χ2v) is 15.0. The van der Waals surface area contributed by atoms with Gasteiger partial charge in [-0.1, -0.05) is 29.8 Å². The van der Waals surface area contributed by atoms with Crippen LogP contribution in [0.15, 0.2) is 48.6 Å². The Balaban J connectivity index is 1.40. The highest BCUT2D eigenvalue weighted by Crippen LogP contribution is 2.46. The molecular weight excluding hydrogens is 586 g/mol. The first kappa shape index (κ1) is 30.0. The minimum Gasteiger partial charge on any atom is -0.490 e. The molecule has 2 aliphatic carbocycles. The smallest absolute Gasteiger partial charge is 0.264 e. The Kier molecular flexibility index (Phi) is 8.47. The molecule has 2 aromatic carbocycles. The molecule has 2 aromatic rings. The molecule has 1 fully saturated rings. The first-order chi connectivity index (χ1) is 20.7. The Morgan fingerprint density at radius 2 is 2.05 bits per heavy atom. The molecule has 0 unspecified atom stereocenters. The lowest BCUT2D eigenvalue weighted by Gasteiger charge is -2.45. The molecule has 4 aliphatic rings. The number of carbonyl (C=O) groups is 1. The fraction of sp³-hybridized carbons (Fsp3) is 0.515. The first-order valence-electron chi connectivity index (χ1n) is 15.3. The molecule has 10 heteroatoms. The Labute approximate surface area is 258 Å². The highest BCUT2D eigenvalue weighted by molar-refractivity contribution is 7.90. The van der Waals surface area contributed by atoms with Crippen molar-refractivity contribution in [3.63, 3.8) is 0 Å². The van der Waals surface area contributed by atoms with Crippen molar-refractivity contribution in [2.45, 2.75) is 74.6 Å². The van der Waals surface area contributed by atoms with Crippen molar-refractivity contribution in [2.75, 3.05) is 24.6 Å². The zero-order valence-corrected chi connectivity index (χ0v) is 25.7. The first-order valence-corrected chi connectivity index (χ1v) is 17.2. The van der Waals surface area contributed by atoms with E-state index in [1.165, 1.54) is 11.1 Å². The van der Waals surface area contributed by atoms with Crippen LogP contribution in [0.1, 0.15) is 72.9 Å². The van der Waals surface area contributed by atoms with Gasteiger partial charge in [-0.2, -0.15) is 5.26 Å². The molecule has 0 radical (unpaired) electrons. The third-order valence-electron chi connectivity index (χ3n) is 9.91. The summed E-state index contributed by atoms with van der Waals surface area (Å²) < 4.78 is 35.4. The SMILES string of the molecule is N#CCC[C@H]1CC/C=C\[C@H](O)[C@@H]2CC[C@H]2CN2C[C@@]3(CCCc4cc(Cl)ccc43)COc3ccc(cc32)C(=O)NS1(=O)=O. The quantitative estimate of drug-likeness (QED) is 0.437. The van der Waals surface area contributed by atoms with Gasteiger partial charge < -0.3 is 14.7 Å². The summed E-state index contributed by atoms with van der Waals surface area (Å²) in [5.41, 5.74) is 3.19. The molecule has 228 valence electrons. The zero-order valence-electron chi connectivity index (χ0n) is 24.2. The summed E-state index contributed by atoms with van der Waals surface area (Å²) in [4.78, 5) is 15.7. The van der Waals surface area contributed by atoms with Crippen molar-refractivity contribution in [2.24, 2.45) is 11.8 Å². The molecule has 5 atom stereocenters. The topological polar surface area (TPSA) is 120 Å². The third kappa shape index (κ3) is 6.02. The van der Waals surface area contributed by atoms with Crippen LogP contribution in [0.5, 0.6) is 5.75 Å². The van der Waals surface area contributed by atoms with E-state index in [9.17, 15) is 18.3 Å². The van der Waals surface area contributed by atoms with E-state index in [1.54, 1.807) is 24.3 Å². The number of sulfonamides is 1. The molecule has 43 heavy (non-hydrogen) atoms. The van der Waals surface area contributed by atoms with E-state index in [1.807, 2.05) is 18.2 Å². The van der Waals surface area contributed by atoms with E-state index in [4.69, 9.17) is 21.6 Å². The molecule has 2 heterocycles. The number of amides is 1. The molecule has 8 nitrogen and oxygen atoms in total. The van der Waals surface area contributed by atoms with Crippen molar-refractivity contribution in [3.05, 3.63) is 70.3 Å². The number of anilines is 1. The lowest BCUT2D eigenvalue weighted by atomic mass is 9.68. The van der Waals surface area contributed by atoms with Crippen LogP contribution in [-0.4, -0.2) is 50.5 Å². The van der Waals surface area contributed by atoms with E-state index >= 15 is 0 Å². The second kappa shape index (κ2) is 12.1. The lowest BCUT2D eigenvalue weighted by Crippen LogP contribution is -2.49. The minimum atomic E-state index is -4.05. The monoisotopic (exact) mass is 623 g/mol. The van der Waals surface area contributed by atoms with Crippen LogP contribution in [0.3, 0.4) is 0 Å². The zero-order chi connectivity index (χ0) is 30.2. The Bertz CT molecular complexity index is 1570. The van der Waals surface area contributed by atoms with Crippen molar-refractivity contribution in [1.82, 2.24) is 4.72 Å². The number of allylic oxidation sites excluding steroid dienone is 1. The average Bonchev–Trinajstić information content (AvgIpc) is 3.11. The molecule has 1 spiro atoms. The number of nitrogens with one attached hydrogen (secondary N) is 1. The lowest BCUT2D eigenvalue weighted by molar-refractivity contribution is 0.0456. The number of nitriles is 1. The maximum atomic E-state index is 13.4. The summed E-state index contributed by atoms with van der Waals surface area (Å²) >= 11 is 6.38. The number of fused-ring (bicyclic) bond motifs is 4. The highest BCUT2D eigenvalue weighted by atomic mass is 35.5. The molecule has 2 bridgehead atoms. The van der Waals surface area contributed by atoms with Gasteiger partial charge in [-0.05, 0) is 105 Å². The number of hydrogen-bond donors (Lipinski definition) is 2. The van der Waals surface area contributed by atoms with Crippen LogP contribution >= 0.6 is 11.6 Å². The van der Waals surface area contributed by atoms with Gasteiger partial charge in [0.15, 0.2) is 0 Å². The van der Waals surface area contributed by atoms with Gasteiger partial charge in [-0.3, -0.25) is 4.79 Å². The summed E-state index contributed by atoms with van der Waals surface area (Å²) in [6.45, 7) is 1.84. The van der Waals surface area contributed by atoms with E-state index in [-0.39, 0.29) is 42.1 Å². The van der Waals surface area contributed by atoms with Crippen molar-refractivity contribution >= 4 is 33.2 Å². The van der Waals surface area contributed by atoms with Gasteiger partial charge in [0.25, 0.3) is 5.91 Å². The molecule has 0 aromatic heterocycles. The molecule has 6 rings (SSSR count). The summed E-state index contributed by atoms with van der Waals surface area (Å²) in [6.07, 6.45) is 8.70. The summed E-state index contributed by atoms with van der Waals surface area (Å²) in [6, 6.07) is 13.3. The normalized spacial score (nSPS) is 30.8. The van der Waals surface area contributed by atoms with Gasteiger partial charge in [-0.25, -0.2) is 13.1 Å². The second-order valence-electron chi connectivity index (χ2n) is 12.6. The maximum Gasteiger partial charge on any atom is 0.264 e. The molecule has 1 saturated carbocycles. The number of aliphatic hydroxyl groups excluding tert-OH is 1. The van der Waals surface area contributed by atoms with Crippen LogP contribution in [-0.2, 0) is 21.9 Å². The standard InChI is InChI=1S/C33H38ClN3O5S/c34-25-11-13-28-22(17-25)5-3-15-33(28)20-37-19-24-9-12-27(24)30(38)8-2-1-6-26(7-4-16-35)43(40,41)36-32(39)23-10-14-31(42-21-33)29(37)18-23/h2,8,10-11,13-14,17-18,24,26-27,30,38H,1,3-7,9,12,15,19-21H2,(H,36,39)/b8-2-/t24-,26+,27+,30-,33-/m0/s1. The summed E-state index contributed by atoms with van der Waals surface area (Å²) in [5, 5.41) is 20.0. The largest absolute Gasteiger partial charge is 0.490 e. The number of ether oxygens (including phenoxy) is 1. The van der Waals surface area contributed by atoms with Gasteiger partial charge in [-0.15, -0.1) is 0 Å². The number of benzene rings is 2. The number of aliphatic hydroxyl groups is 1. The highest BCUT2D eigenvalue weighted by Gasteiger charge is 2.44. The molecule has 0 saturated heterocycles. The van der Waals surface area contributed by atoms with Gasteiger partial charge in [0, 0.05) is 35.5 Å². The predicted molar refractivity (Wildman–Crippen MR) is 166 cm³/mol. The van der Waals surface area contributed by atoms with E-state index in [2.05, 4.69) is 21.8 Å². The fourth-order valence-electron chi connectivity index (χ4n) is 7.42. The Morgan fingerprint density at radius 3 is 2.84 bits per heavy atom. The summed E-state index contributed by atoms with van der Waals surface area (Å²) in [7, 11) is -4.05. The van der Waals surface area contributed by atoms with Crippen LogP contribution in [0.2, 0.25) is 5.02 Å². The molecule has 2 aliphatic heterocycles. The molecular formula is C33H38ClN3O5S. The van der Waals surface area contributed by atoms with E-state index in [0.29, 0.717) is 31.9 Å². The molecule has 2 N–H and O–H groups in total. The Morgan fingerprint density at radius 1 is 1.19 bits per heavy atom. The number of hydrogen-bond acceptors (Lipinski definition) is 7. The third-order valence-corrected chi connectivity index (χ3v) is 12.0. The minimum absolute atomic E-state index is 0.0675. The molecule has 1 amide bonds. The van der Waals surface area contributed by atoms with Gasteiger partial charge in [0.1, 0.15) is 5.75 Å². The number of nitrogens with zero attached hydrogens (tertiary/aromatic N) is 2. The number of aryl methyl sites for hydroxylation is 1. The van der Waals surface area contributed by atoms with Crippen LogP contribution in [0.25, 0.3) is 0 Å². The summed E-state index contributed by atoms with van der Waals surface area (Å²) in [5.74, 6) is 0.308.